The zero-order valence-electron chi connectivity index (χ0n) is 17.0. The molecular formula is C24H28ClN3O. The topological polar surface area (TPSA) is 46.9 Å². The second kappa shape index (κ2) is 10.3. The summed E-state index contributed by atoms with van der Waals surface area (Å²) in [6, 6.07) is 15.7. The Hall–Kier alpha value is -2.59. The third-order valence-electron chi connectivity index (χ3n) is 4.87. The fourth-order valence-corrected chi connectivity index (χ4v) is 3.66. The second-order valence-corrected chi connectivity index (χ2v) is 7.90. The number of carbonyl (C=O) groups is 1. The number of allylic oxidation sites excluding steroid dienone is 1. The minimum Gasteiger partial charge on any atom is -0.356 e. The fourth-order valence-electron chi connectivity index (χ4n) is 3.45. The molecule has 0 spiro atoms. The van der Waals surface area contributed by atoms with Crippen molar-refractivity contribution < 1.29 is 4.79 Å². The molecule has 5 heteroatoms. The molecule has 0 aliphatic heterocycles. The number of unbranched alkanes of at least 4 members (excludes halogenated alkanes) is 2. The van der Waals surface area contributed by atoms with Crippen LogP contribution in [0.5, 0.6) is 0 Å². The van der Waals surface area contributed by atoms with Gasteiger partial charge in [0.2, 0.25) is 5.91 Å². The van der Waals surface area contributed by atoms with Crippen LogP contribution in [0.1, 0.15) is 37.6 Å². The molecule has 3 aromatic rings. The van der Waals surface area contributed by atoms with Gasteiger partial charge in [0.15, 0.2) is 0 Å². The third kappa shape index (κ3) is 5.94. The summed E-state index contributed by atoms with van der Waals surface area (Å²) in [5, 5.41) is 3.63. The van der Waals surface area contributed by atoms with E-state index in [4.69, 9.17) is 16.6 Å². The molecule has 0 saturated carbocycles. The number of para-hydroxylation sites is 2. The first-order chi connectivity index (χ1) is 14.0. The molecule has 152 valence electrons. The molecule has 0 aliphatic rings. The Morgan fingerprint density at radius 2 is 1.86 bits per heavy atom. The molecule has 0 saturated heterocycles. The van der Waals surface area contributed by atoms with Crippen molar-refractivity contribution in [3.63, 3.8) is 0 Å². The van der Waals surface area contributed by atoms with E-state index in [2.05, 4.69) is 28.6 Å². The Balaban J connectivity index is 1.43. The first kappa shape index (κ1) is 21.1. The summed E-state index contributed by atoms with van der Waals surface area (Å²) < 4.78 is 2.27. The van der Waals surface area contributed by atoms with Gasteiger partial charge in [-0.25, -0.2) is 4.98 Å². The Kier molecular flexibility index (Phi) is 7.48. The zero-order valence-corrected chi connectivity index (χ0v) is 17.7. The van der Waals surface area contributed by atoms with E-state index in [9.17, 15) is 4.79 Å². The number of nitrogens with zero attached hydrogens (tertiary/aromatic N) is 2. The van der Waals surface area contributed by atoms with Gasteiger partial charge in [0.1, 0.15) is 5.82 Å². The lowest BCUT2D eigenvalue weighted by molar-refractivity contribution is -0.120. The number of amides is 1. The van der Waals surface area contributed by atoms with Crippen molar-refractivity contribution in [2.75, 3.05) is 6.54 Å². The number of hydrogen-bond acceptors (Lipinski definition) is 2. The molecule has 0 aliphatic carbocycles. The van der Waals surface area contributed by atoms with Gasteiger partial charge in [0.25, 0.3) is 0 Å². The van der Waals surface area contributed by atoms with Gasteiger partial charge in [0.05, 0.1) is 17.5 Å². The van der Waals surface area contributed by atoms with Crippen LogP contribution in [-0.4, -0.2) is 22.0 Å². The predicted molar refractivity (Wildman–Crippen MR) is 120 cm³/mol. The van der Waals surface area contributed by atoms with Gasteiger partial charge in [-0.05, 0) is 43.5 Å². The summed E-state index contributed by atoms with van der Waals surface area (Å²) in [5.41, 5.74) is 4.19. The monoisotopic (exact) mass is 409 g/mol. The van der Waals surface area contributed by atoms with E-state index in [1.807, 2.05) is 43.3 Å². The number of rotatable bonds is 10. The normalized spacial score (nSPS) is 11.0. The number of carbonyl (C=O) groups excluding carboxylic acids is 1. The molecule has 29 heavy (non-hydrogen) atoms. The van der Waals surface area contributed by atoms with E-state index in [0.29, 0.717) is 18.0 Å². The number of fused-ring (bicyclic) bond motifs is 1. The van der Waals surface area contributed by atoms with Crippen LogP contribution in [-0.2, 0) is 24.2 Å². The second-order valence-electron chi connectivity index (χ2n) is 7.49. The third-order valence-corrected chi connectivity index (χ3v) is 5.24. The Morgan fingerprint density at radius 3 is 2.66 bits per heavy atom. The molecule has 0 fully saturated rings. The van der Waals surface area contributed by atoms with Gasteiger partial charge in [0, 0.05) is 24.5 Å². The average Bonchev–Trinajstić information content (AvgIpc) is 3.03. The number of benzene rings is 2. The van der Waals surface area contributed by atoms with E-state index < -0.39 is 0 Å². The standard InChI is InChI=1S/C24H28ClN3O/c1-18(2)17-28-22-13-8-7-12-21(22)27-23(28)14-4-3-9-15-26-24(29)16-19-10-5-6-11-20(19)25/h5-8,10-13H,1,3-4,9,14-17H2,2H3,(H,26,29). The maximum atomic E-state index is 12.1. The largest absolute Gasteiger partial charge is 0.356 e. The molecule has 0 bridgehead atoms. The minimum absolute atomic E-state index is 0.0151. The van der Waals surface area contributed by atoms with Crippen LogP contribution in [0, 0.1) is 0 Å². The summed E-state index contributed by atoms with van der Waals surface area (Å²) in [6.45, 7) is 7.58. The van der Waals surface area contributed by atoms with Crippen molar-refractivity contribution >= 4 is 28.5 Å². The number of aromatic nitrogens is 2. The van der Waals surface area contributed by atoms with Gasteiger partial charge in [-0.15, -0.1) is 0 Å². The maximum Gasteiger partial charge on any atom is 0.224 e. The minimum atomic E-state index is 0.0151. The number of imidazole rings is 1. The first-order valence-corrected chi connectivity index (χ1v) is 10.5. The summed E-state index contributed by atoms with van der Waals surface area (Å²) in [5.74, 6) is 1.12. The van der Waals surface area contributed by atoms with E-state index in [1.54, 1.807) is 0 Å². The summed E-state index contributed by atoms with van der Waals surface area (Å²) in [4.78, 5) is 16.9. The van der Waals surface area contributed by atoms with Crippen molar-refractivity contribution in [1.82, 2.24) is 14.9 Å². The van der Waals surface area contributed by atoms with E-state index in [1.165, 1.54) is 0 Å². The van der Waals surface area contributed by atoms with Crippen molar-refractivity contribution in [1.29, 1.82) is 0 Å². The first-order valence-electron chi connectivity index (χ1n) is 10.1. The average molecular weight is 410 g/mol. The quantitative estimate of drug-likeness (QED) is 0.363. The molecule has 2 aromatic carbocycles. The fraction of sp³-hybridized carbons (Fsp3) is 0.333. The molecule has 1 N–H and O–H groups in total. The van der Waals surface area contributed by atoms with Crippen LogP contribution in [0.3, 0.4) is 0 Å². The number of aryl methyl sites for hydroxylation is 1. The van der Waals surface area contributed by atoms with Crippen LogP contribution in [0.2, 0.25) is 5.02 Å². The van der Waals surface area contributed by atoms with Crippen LogP contribution < -0.4 is 5.32 Å². The number of halogens is 1. The van der Waals surface area contributed by atoms with E-state index in [-0.39, 0.29) is 5.91 Å². The Bertz CT molecular complexity index is 993. The molecular weight excluding hydrogens is 382 g/mol. The van der Waals surface area contributed by atoms with Crippen LogP contribution in [0.4, 0.5) is 0 Å². The SMILES string of the molecule is C=C(C)Cn1c(CCCCCNC(=O)Cc2ccccc2Cl)nc2ccccc21. The van der Waals surface area contributed by atoms with Crippen LogP contribution in [0.25, 0.3) is 11.0 Å². The molecule has 3 rings (SSSR count). The van der Waals surface area contributed by atoms with Crippen molar-refractivity contribution in [3.05, 3.63) is 77.1 Å². The van der Waals surface area contributed by atoms with Crippen LogP contribution >= 0.6 is 11.6 Å². The molecule has 0 unspecified atom stereocenters. The Morgan fingerprint density at radius 1 is 1.10 bits per heavy atom. The lowest BCUT2D eigenvalue weighted by Crippen LogP contribution is -2.26. The molecule has 1 amide bonds. The predicted octanol–water partition coefficient (Wildman–Crippen LogP) is 5.34. The van der Waals surface area contributed by atoms with Gasteiger partial charge >= 0.3 is 0 Å². The highest BCUT2D eigenvalue weighted by Crippen LogP contribution is 2.19. The number of nitrogens with one attached hydrogen (secondary N) is 1. The van der Waals surface area contributed by atoms with Gasteiger partial charge < -0.3 is 9.88 Å². The summed E-state index contributed by atoms with van der Waals surface area (Å²) in [7, 11) is 0. The Labute approximate surface area is 177 Å². The lowest BCUT2D eigenvalue weighted by Gasteiger charge is -2.09. The van der Waals surface area contributed by atoms with Crippen LogP contribution in [0.15, 0.2) is 60.7 Å². The van der Waals surface area contributed by atoms with E-state index in [0.717, 1.165) is 60.2 Å². The highest BCUT2D eigenvalue weighted by atomic mass is 35.5. The zero-order chi connectivity index (χ0) is 20.6. The lowest BCUT2D eigenvalue weighted by atomic mass is 10.1. The summed E-state index contributed by atoms with van der Waals surface area (Å²) in [6.07, 6.45) is 4.29. The highest BCUT2D eigenvalue weighted by molar-refractivity contribution is 6.31. The van der Waals surface area contributed by atoms with Crippen molar-refractivity contribution in [2.24, 2.45) is 0 Å². The molecule has 4 nitrogen and oxygen atoms in total. The van der Waals surface area contributed by atoms with Gasteiger partial charge in [-0.2, -0.15) is 0 Å². The smallest absolute Gasteiger partial charge is 0.224 e. The van der Waals surface area contributed by atoms with Gasteiger partial charge in [-0.1, -0.05) is 60.5 Å². The molecule has 0 radical (unpaired) electrons. The molecule has 0 atom stereocenters. The molecule has 1 heterocycles. The van der Waals surface area contributed by atoms with Gasteiger partial charge in [-0.3, -0.25) is 4.79 Å². The maximum absolute atomic E-state index is 12.1. The van der Waals surface area contributed by atoms with Crippen molar-refractivity contribution in [3.8, 4) is 0 Å². The van der Waals surface area contributed by atoms with Crippen molar-refractivity contribution in [2.45, 2.75) is 45.6 Å². The number of hydrogen-bond donors (Lipinski definition) is 1. The van der Waals surface area contributed by atoms with E-state index >= 15 is 0 Å². The molecule has 1 aromatic heterocycles. The summed E-state index contributed by atoms with van der Waals surface area (Å²) >= 11 is 6.11. The highest BCUT2D eigenvalue weighted by Gasteiger charge is 2.10.